The number of likely N-dealkylation sites (tertiary alicyclic amines) is 1. The van der Waals surface area contributed by atoms with Gasteiger partial charge in [-0.25, -0.2) is 0 Å². The fraction of sp³-hybridized carbons (Fsp3) is 0.615. The maximum atomic E-state index is 12.5. The molecule has 1 aromatic rings. The van der Waals surface area contributed by atoms with Crippen molar-refractivity contribution < 1.29 is 22.8 Å². The van der Waals surface area contributed by atoms with Gasteiger partial charge in [-0.1, -0.05) is 0 Å². The molecule has 6 nitrogen and oxygen atoms in total. The van der Waals surface area contributed by atoms with Crippen LogP contribution in [-0.2, 0) is 16.0 Å². The Balaban J connectivity index is 1.71. The van der Waals surface area contributed by atoms with Crippen molar-refractivity contribution >= 4 is 17.5 Å². The van der Waals surface area contributed by atoms with Gasteiger partial charge >= 0.3 is 6.18 Å². The van der Waals surface area contributed by atoms with Gasteiger partial charge in [0.25, 0.3) is 0 Å². The minimum absolute atomic E-state index is 0.168. The molecule has 0 aromatic carbocycles. The summed E-state index contributed by atoms with van der Waals surface area (Å²) in [5.41, 5.74) is 1.51. The number of carbonyl (C=O) groups excluding carboxylic acids is 2. The highest BCUT2D eigenvalue weighted by Crippen LogP contribution is 2.30. The summed E-state index contributed by atoms with van der Waals surface area (Å²) in [6.45, 7) is -0.983. The van der Waals surface area contributed by atoms with Gasteiger partial charge in [0.05, 0.1) is 23.5 Å². The van der Waals surface area contributed by atoms with Crippen LogP contribution in [0.5, 0.6) is 0 Å². The van der Waals surface area contributed by atoms with Crippen LogP contribution in [0.25, 0.3) is 0 Å². The lowest BCUT2D eigenvalue weighted by molar-refractivity contribution is -0.157. The molecule has 1 atom stereocenters. The number of H-pyrrole nitrogens is 1. The molecule has 1 N–H and O–H groups in total. The molecule has 3 heterocycles. The van der Waals surface area contributed by atoms with Crippen LogP contribution >= 0.6 is 0 Å². The molecule has 2 aliphatic heterocycles. The first-order valence-electron chi connectivity index (χ1n) is 7.03. The molecule has 22 heavy (non-hydrogen) atoms. The van der Waals surface area contributed by atoms with Crippen molar-refractivity contribution in [3.8, 4) is 0 Å². The molecule has 1 aromatic heterocycles. The number of nitrogens with zero attached hydrogens (tertiary/aromatic N) is 3. The second-order valence-corrected chi connectivity index (χ2v) is 5.62. The van der Waals surface area contributed by atoms with E-state index >= 15 is 0 Å². The third kappa shape index (κ3) is 2.79. The SMILES string of the molecule is O=C1CC(C(=O)N2CCCc3[nH]ncc32)CN1CC(F)(F)F. The Kier molecular flexibility index (Phi) is 3.57. The van der Waals surface area contributed by atoms with Crippen LogP contribution in [-0.4, -0.2) is 52.7 Å². The van der Waals surface area contributed by atoms with E-state index in [1.54, 1.807) is 0 Å². The second-order valence-electron chi connectivity index (χ2n) is 5.62. The number of nitrogens with one attached hydrogen (secondary N) is 1. The Morgan fingerprint density at radius 1 is 1.45 bits per heavy atom. The number of carbonyl (C=O) groups is 2. The summed E-state index contributed by atoms with van der Waals surface area (Å²) in [4.78, 5) is 26.5. The molecular weight excluding hydrogens is 301 g/mol. The van der Waals surface area contributed by atoms with E-state index in [9.17, 15) is 22.8 Å². The Morgan fingerprint density at radius 3 is 2.95 bits per heavy atom. The number of rotatable bonds is 2. The molecule has 9 heteroatoms. The van der Waals surface area contributed by atoms with Gasteiger partial charge in [-0.2, -0.15) is 18.3 Å². The standard InChI is InChI=1S/C13H15F3N4O2/c14-13(15,16)7-19-6-8(4-11(19)21)12(22)20-3-1-2-9-10(20)5-17-18-9/h5,8H,1-4,6-7H2,(H,17,18). The third-order valence-electron chi connectivity index (χ3n) is 3.99. The van der Waals surface area contributed by atoms with Gasteiger partial charge in [0.15, 0.2) is 0 Å². The van der Waals surface area contributed by atoms with Crippen molar-refractivity contribution in [3.05, 3.63) is 11.9 Å². The number of alkyl halides is 3. The van der Waals surface area contributed by atoms with E-state index in [2.05, 4.69) is 10.2 Å². The zero-order chi connectivity index (χ0) is 15.9. The number of halogens is 3. The highest BCUT2D eigenvalue weighted by molar-refractivity contribution is 5.99. The van der Waals surface area contributed by atoms with Crippen LogP contribution < -0.4 is 4.90 Å². The molecule has 0 aliphatic carbocycles. The first-order chi connectivity index (χ1) is 10.3. The zero-order valence-electron chi connectivity index (χ0n) is 11.7. The number of amides is 2. The first-order valence-corrected chi connectivity index (χ1v) is 7.03. The van der Waals surface area contributed by atoms with E-state index in [-0.39, 0.29) is 18.9 Å². The van der Waals surface area contributed by atoms with Crippen molar-refractivity contribution in [2.75, 3.05) is 24.5 Å². The largest absolute Gasteiger partial charge is 0.406 e. The van der Waals surface area contributed by atoms with Crippen LogP contribution in [0.1, 0.15) is 18.5 Å². The average Bonchev–Trinajstić information content (AvgIpc) is 3.03. The molecule has 120 valence electrons. The van der Waals surface area contributed by atoms with E-state index < -0.39 is 24.5 Å². The molecule has 2 aliphatic rings. The minimum atomic E-state index is -4.45. The number of fused-ring (bicyclic) bond motifs is 1. The van der Waals surface area contributed by atoms with Crippen molar-refractivity contribution in [1.82, 2.24) is 15.1 Å². The van der Waals surface area contributed by atoms with Crippen molar-refractivity contribution in [2.45, 2.75) is 25.4 Å². The molecule has 0 radical (unpaired) electrons. The van der Waals surface area contributed by atoms with Crippen molar-refractivity contribution in [1.29, 1.82) is 0 Å². The number of aromatic amines is 1. The summed E-state index contributed by atoms with van der Waals surface area (Å²) in [6, 6.07) is 0. The summed E-state index contributed by atoms with van der Waals surface area (Å²) in [5, 5.41) is 6.71. The Labute approximate surface area is 124 Å². The third-order valence-corrected chi connectivity index (χ3v) is 3.99. The molecule has 0 spiro atoms. The fourth-order valence-electron chi connectivity index (χ4n) is 3.01. The molecule has 1 unspecified atom stereocenters. The molecule has 3 rings (SSSR count). The minimum Gasteiger partial charge on any atom is -0.333 e. The number of hydrogen-bond acceptors (Lipinski definition) is 3. The molecule has 0 saturated carbocycles. The van der Waals surface area contributed by atoms with Crippen LogP contribution in [0.4, 0.5) is 18.9 Å². The number of aryl methyl sites for hydroxylation is 1. The fourth-order valence-corrected chi connectivity index (χ4v) is 3.01. The molecule has 1 saturated heterocycles. The normalized spacial score (nSPS) is 22.1. The van der Waals surface area contributed by atoms with Gasteiger partial charge in [0.2, 0.25) is 11.8 Å². The molecule has 0 bridgehead atoms. The number of anilines is 1. The van der Waals surface area contributed by atoms with E-state index in [4.69, 9.17) is 0 Å². The highest BCUT2D eigenvalue weighted by atomic mass is 19.4. The molecule has 1 fully saturated rings. The quantitative estimate of drug-likeness (QED) is 0.888. The van der Waals surface area contributed by atoms with Gasteiger partial charge in [0.1, 0.15) is 6.54 Å². The average molecular weight is 316 g/mol. The van der Waals surface area contributed by atoms with Gasteiger partial charge < -0.3 is 9.80 Å². The lowest BCUT2D eigenvalue weighted by atomic mass is 10.0. The predicted molar refractivity (Wildman–Crippen MR) is 70.0 cm³/mol. The number of hydrogen-bond donors (Lipinski definition) is 1. The summed E-state index contributed by atoms with van der Waals surface area (Å²) < 4.78 is 37.3. The van der Waals surface area contributed by atoms with Crippen LogP contribution in [0, 0.1) is 5.92 Å². The van der Waals surface area contributed by atoms with Crippen molar-refractivity contribution in [3.63, 3.8) is 0 Å². The summed E-state index contributed by atoms with van der Waals surface area (Å²) in [7, 11) is 0. The van der Waals surface area contributed by atoms with Gasteiger partial charge in [-0.15, -0.1) is 0 Å². The monoisotopic (exact) mass is 316 g/mol. The van der Waals surface area contributed by atoms with Crippen molar-refractivity contribution in [2.24, 2.45) is 5.92 Å². The van der Waals surface area contributed by atoms with Crippen LogP contribution in [0.15, 0.2) is 6.20 Å². The van der Waals surface area contributed by atoms with E-state index in [0.29, 0.717) is 17.1 Å². The zero-order valence-corrected chi connectivity index (χ0v) is 11.7. The predicted octanol–water partition coefficient (Wildman–Crippen LogP) is 1.10. The number of aromatic nitrogens is 2. The lowest BCUT2D eigenvalue weighted by Crippen LogP contribution is -2.41. The summed E-state index contributed by atoms with van der Waals surface area (Å²) in [5.74, 6) is -1.66. The second kappa shape index (κ2) is 5.29. The molecular formula is C13H15F3N4O2. The topological polar surface area (TPSA) is 69.3 Å². The van der Waals surface area contributed by atoms with Gasteiger partial charge in [0, 0.05) is 19.5 Å². The maximum absolute atomic E-state index is 12.5. The first kappa shape index (κ1) is 14.9. The Hall–Kier alpha value is -2.06. The maximum Gasteiger partial charge on any atom is 0.406 e. The summed E-state index contributed by atoms with van der Waals surface area (Å²) >= 11 is 0. The van der Waals surface area contributed by atoms with Gasteiger partial charge in [-0.3, -0.25) is 14.7 Å². The molecule has 2 amide bonds. The van der Waals surface area contributed by atoms with Gasteiger partial charge in [-0.05, 0) is 12.8 Å². The van der Waals surface area contributed by atoms with E-state index in [0.717, 1.165) is 18.5 Å². The van der Waals surface area contributed by atoms with Crippen LogP contribution in [0.3, 0.4) is 0 Å². The smallest absolute Gasteiger partial charge is 0.333 e. The highest BCUT2D eigenvalue weighted by Gasteiger charge is 2.42. The van der Waals surface area contributed by atoms with E-state index in [1.165, 1.54) is 11.1 Å². The van der Waals surface area contributed by atoms with E-state index in [1.807, 2.05) is 0 Å². The Morgan fingerprint density at radius 2 is 2.23 bits per heavy atom. The Bertz CT molecular complexity index is 598. The summed E-state index contributed by atoms with van der Waals surface area (Å²) in [6.07, 6.45) is -1.54. The van der Waals surface area contributed by atoms with Crippen LogP contribution in [0.2, 0.25) is 0 Å². The lowest BCUT2D eigenvalue weighted by Gasteiger charge is -2.28.